The summed E-state index contributed by atoms with van der Waals surface area (Å²) in [5.41, 5.74) is 0.551. The van der Waals surface area contributed by atoms with Crippen LogP contribution in [0.3, 0.4) is 0 Å². The molecule has 1 saturated carbocycles. The summed E-state index contributed by atoms with van der Waals surface area (Å²) in [5.74, 6) is -0.268. The first-order valence-electron chi connectivity index (χ1n) is 10.3. The van der Waals surface area contributed by atoms with Gasteiger partial charge < -0.3 is 9.47 Å². The highest BCUT2D eigenvalue weighted by molar-refractivity contribution is 5.75. The van der Waals surface area contributed by atoms with Crippen molar-refractivity contribution in [3.05, 3.63) is 0 Å². The standard InChI is InChI=1S/C22H40O4/c1-21(2,3)13-7-15-25-19(23)17-9-11-18(12-10-17)20(24)26-16-8-14-22(4,5)6/h17-18H,7-16H2,1-6H3. The van der Waals surface area contributed by atoms with Gasteiger partial charge in [-0.05, 0) is 62.2 Å². The minimum Gasteiger partial charge on any atom is -0.465 e. The SMILES string of the molecule is CC(C)(C)CCCOC(=O)C1CCC(C(=O)OCCCC(C)(C)C)CC1. The van der Waals surface area contributed by atoms with Crippen LogP contribution in [0.15, 0.2) is 0 Å². The third-order valence-corrected chi connectivity index (χ3v) is 5.02. The maximum atomic E-state index is 12.2. The van der Waals surface area contributed by atoms with Crippen molar-refractivity contribution in [2.24, 2.45) is 22.7 Å². The number of hydrogen-bond acceptors (Lipinski definition) is 4. The first-order valence-corrected chi connectivity index (χ1v) is 10.3. The predicted molar refractivity (Wildman–Crippen MR) is 105 cm³/mol. The average molecular weight is 369 g/mol. The van der Waals surface area contributed by atoms with Crippen molar-refractivity contribution in [3.63, 3.8) is 0 Å². The van der Waals surface area contributed by atoms with Crippen LogP contribution >= 0.6 is 0 Å². The molecule has 0 aromatic rings. The fraction of sp³-hybridized carbons (Fsp3) is 0.909. The minimum atomic E-state index is -0.0871. The van der Waals surface area contributed by atoms with E-state index >= 15 is 0 Å². The summed E-state index contributed by atoms with van der Waals surface area (Å²) in [6.45, 7) is 14.2. The average Bonchev–Trinajstić information content (AvgIpc) is 2.53. The van der Waals surface area contributed by atoms with Crippen LogP contribution in [-0.2, 0) is 19.1 Å². The third kappa shape index (κ3) is 10.2. The minimum absolute atomic E-state index is 0.0467. The van der Waals surface area contributed by atoms with Gasteiger partial charge >= 0.3 is 11.9 Å². The lowest BCUT2D eigenvalue weighted by molar-refractivity contribution is -0.155. The Morgan fingerprint density at radius 1 is 0.692 bits per heavy atom. The number of ether oxygens (including phenoxy) is 2. The second-order valence-corrected chi connectivity index (χ2v) is 10.2. The van der Waals surface area contributed by atoms with Crippen molar-refractivity contribution in [1.82, 2.24) is 0 Å². The number of carbonyl (C=O) groups is 2. The Labute approximate surface area is 160 Å². The molecule has 1 rings (SSSR count). The molecule has 1 fully saturated rings. The van der Waals surface area contributed by atoms with Gasteiger partial charge in [-0.25, -0.2) is 0 Å². The molecule has 4 nitrogen and oxygen atoms in total. The number of esters is 2. The highest BCUT2D eigenvalue weighted by Gasteiger charge is 2.31. The molecule has 0 amide bonds. The number of rotatable bonds is 8. The summed E-state index contributed by atoms with van der Waals surface area (Å²) in [6.07, 6.45) is 6.86. The van der Waals surface area contributed by atoms with E-state index < -0.39 is 0 Å². The van der Waals surface area contributed by atoms with Gasteiger partial charge in [0.25, 0.3) is 0 Å². The second-order valence-electron chi connectivity index (χ2n) is 10.2. The highest BCUT2D eigenvalue weighted by Crippen LogP contribution is 2.31. The molecule has 0 atom stereocenters. The van der Waals surface area contributed by atoms with Crippen molar-refractivity contribution < 1.29 is 19.1 Å². The molecular weight excluding hydrogens is 328 g/mol. The van der Waals surface area contributed by atoms with E-state index in [0.29, 0.717) is 13.2 Å². The Hall–Kier alpha value is -1.06. The van der Waals surface area contributed by atoms with Crippen LogP contribution < -0.4 is 0 Å². The van der Waals surface area contributed by atoms with Crippen LogP contribution in [0.1, 0.15) is 92.9 Å². The summed E-state index contributed by atoms with van der Waals surface area (Å²) in [7, 11) is 0. The van der Waals surface area contributed by atoms with Crippen molar-refractivity contribution >= 4 is 11.9 Å². The Kier molecular flexibility index (Phi) is 9.12. The maximum Gasteiger partial charge on any atom is 0.308 e. The van der Waals surface area contributed by atoms with Crippen molar-refractivity contribution in [3.8, 4) is 0 Å². The van der Waals surface area contributed by atoms with E-state index in [-0.39, 0.29) is 34.6 Å². The van der Waals surface area contributed by atoms with E-state index in [1.165, 1.54) is 0 Å². The molecule has 0 aliphatic heterocycles. The Morgan fingerprint density at radius 2 is 1.00 bits per heavy atom. The molecule has 1 aliphatic rings. The van der Waals surface area contributed by atoms with Gasteiger partial charge in [-0.3, -0.25) is 9.59 Å². The van der Waals surface area contributed by atoms with Crippen LogP contribution in [0, 0.1) is 22.7 Å². The summed E-state index contributed by atoms with van der Waals surface area (Å²) < 4.78 is 10.9. The van der Waals surface area contributed by atoms with Crippen LogP contribution in [0.4, 0.5) is 0 Å². The van der Waals surface area contributed by atoms with Gasteiger partial charge in [0.15, 0.2) is 0 Å². The van der Waals surface area contributed by atoms with Crippen molar-refractivity contribution in [2.45, 2.75) is 92.9 Å². The summed E-state index contributed by atoms with van der Waals surface area (Å²) >= 11 is 0. The van der Waals surface area contributed by atoms with Crippen LogP contribution in [-0.4, -0.2) is 25.2 Å². The van der Waals surface area contributed by atoms with Gasteiger partial charge in [-0.1, -0.05) is 41.5 Å². The molecule has 0 saturated heterocycles. The topological polar surface area (TPSA) is 52.6 Å². The monoisotopic (exact) mass is 368 g/mol. The number of carbonyl (C=O) groups excluding carboxylic acids is 2. The molecule has 0 bridgehead atoms. The molecule has 0 aromatic heterocycles. The lowest BCUT2D eigenvalue weighted by Gasteiger charge is -2.26. The fourth-order valence-electron chi connectivity index (χ4n) is 3.35. The van der Waals surface area contributed by atoms with E-state index in [1.54, 1.807) is 0 Å². The van der Waals surface area contributed by atoms with Crippen molar-refractivity contribution in [1.29, 1.82) is 0 Å². The van der Waals surface area contributed by atoms with E-state index in [2.05, 4.69) is 41.5 Å². The quantitative estimate of drug-likeness (QED) is 0.417. The first kappa shape index (κ1) is 23.0. The predicted octanol–water partition coefficient (Wildman–Crippen LogP) is 5.53. The smallest absolute Gasteiger partial charge is 0.308 e. The lowest BCUT2D eigenvalue weighted by Crippen LogP contribution is -2.28. The Bertz CT molecular complexity index is 392. The van der Waals surface area contributed by atoms with Gasteiger partial charge in [0.2, 0.25) is 0 Å². The van der Waals surface area contributed by atoms with E-state index in [0.717, 1.165) is 51.4 Å². The molecule has 4 heteroatoms. The van der Waals surface area contributed by atoms with Crippen molar-refractivity contribution in [2.75, 3.05) is 13.2 Å². The number of hydrogen-bond donors (Lipinski definition) is 0. The Morgan fingerprint density at radius 3 is 1.27 bits per heavy atom. The van der Waals surface area contributed by atoms with Gasteiger partial charge in [0.05, 0.1) is 25.0 Å². The fourth-order valence-corrected chi connectivity index (χ4v) is 3.35. The molecule has 152 valence electrons. The van der Waals surface area contributed by atoms with Gasteiger partial charge in [-0.15, -0.1) is 0 Å². The molecule has 0 unspecified atom stereocenters. The molecular formula is C22H40O4. The van der Waals surface area contributed by atoms with Crippen LogP contribution in [0.5, 0.6) is 0 Å². The van der Waals surface area contributed by atoms with Gasteiger partial charge in [0.1, 0.15) is 0 Å². The zero-order valence-corrected chi connectivity index (χ0v) is 17.9. The first-order chi connectivity index (χ1) is 12.0. The zero-order valence-electron chi connectivity index (χ0n) is 17.9. The third-order valence-electron chi connectivity index (χ3n) is 5.02. The van der Waals surface area contributed by atoms with E-state index in [4.69, 9.17) is 9.47 Å². The summed E-state index contributed by atoms with van der Waals surface area (Å²) in [5, 5.41) is 0. The molecule has 0 N–H and O–H groups in total. The largest absolute Gasteiger partial charge is 0.465 e. The molecule has 26 heavy (non-hydrogen) atoms. The van der Waals surface area contributed by atoms with Crippen LogP contribution in [0.2, 0.25) is 0 Å². The zero-order chi connectivity index (χ0) is 19.8. The molecule has 0 spiro atoms. The van der Waals surface area contributed by atoms with Crippen LogP contribution in [0.25, 0.3) is 0 Å². The summed E-state index contributed by atoms with van der Waals surface area (Å²) in [4.78, 5) is 24.3. The summed E-state index contributed by atoms with van der Waals surface area (Å²) in [6, 6.07) is 0. The normalized spacial score (nSPS) is 21.3. The van der Waals surface area contributed by atoms with E-state index in [9.17, 15) is 9.59 Å². The molecule has 0 heterocycles. The highest BCUT2D eigenvalue weighted by atomic mass is 16.5. The van der Waals surface area contributed by atoms with Gasteiger partial charge in [-0.2, -0.15) is 0 Å². The lowest BCUT2D eigenvalue weighted by atomic mass is 9.82. The second kappa shape index (κ2) is 10.3. The maximum absolute atomic E-state index is 12.2. The molecule has 1 aliphatic carbocycles. The van der Waals surface area contributed by atoms with E-state index in [1.807, 2.05) is 0 Å². The van der Waals surface area contributed by atoms with Gasteiger partial charge in [0, 0.05) is 0 Å². The molecule has 0 radical (unpaired) electrons. The Balaban J connectivity index is 2.18. The molecule has 0 aromatic carbocycles.